The summed E-state index contributed by atoms with van der Waals surface area (Å²) in [4.78, 5) is 26.0. The van der Waals surface area contributed by atoms with Crippen LogP contribution in [0.25, 0.3) is 0 Å². The fraction of sp³-hybridized carbons (Fsp3) is 0.529. The lowest BCUT2D eigenvalue weighted by atomic mass is 9.97. The Morgan fingerprint density at radius 3 is 2.87 bits per heavy atom. The van der Waals surface area contributed by atoms with Gasteiger partial charge in [0.15, 0.2) is 0 Å². The summed E-state index contributed by atoms with van der Waals surface area (Å²) in [6.45, 7) is 5.54. The second kappa shape index (κ2) is 7.68. The van der Waals surface area contributed by atoms with Crippen molar-refractivity contribution in [2.24, 2.45) is 11.8 Å². The molecule has 1 fully saturated rings. The minimum Gasteiger partial charge on any atom is -0.508 e. The Hall–Kier alpha value is -1.75. The van der Waals surface area contributed by atoms with Crippen LogP contribution in [0.15, 0.2) is 18.2 Å². The molecule has 2 N–H and O–H groups in total. The average Bonchev–Trinajstić information content (AvgIpc) is 2.54. The third-order valence-corrected chi connectivity index (χ3v) is 4.41. The molecule has 0 saturated carbocycles. The summed E-state index contributed by atoms with van der Waals surface area (Å²) in [6.07, 6.45) is 1.88. The van der Waals surface area contributed by atoms with E-state index in [1.807, 2.05) is 13.8 Å². The summed E-state index contributed by atoms with van der Waals surface area (Å²) in [6, 6.07) is 4.38. The molecule has 1 aliphatic heterocycles. The first-order valence-electron chi connectivity index (χ1n) is 7.94. The Balaban J connectivity index is 1.99. The first kappa shape index (κ1) is 17.6. The maximum atomic E-state index is 12.6. The van der Waals surface area contributed by atoms with Gasteiger partial charge in [-0.25, -0.2) is 0 Å². The van der Waals surface area contributed by atoms with Crippen molar-refractivity contribution in [2.75, 3.05) is 19.6 Å². The standard InChI is InChI=1S/C17H23ClN2O3/c1-11(2)16(22)19-9-12-4-3-7-20(10-12)17(23)14-8-13(21)5-6-15(14)18/h5-6,8,11-12,21H,3-4,7,9-10H2,1-2H3,(H,19,22). The van der Waals surface area contributed by atoms with E-state index in [-0.39, 0.29) is 29.4 Å². The van der Waals surface area contributed by atoms with Crippen molar-refractivity contribution in [3.05, 3.63) is 28.8 Å². The van der Waals surface area contributed by atoms with Crippen LogP contribution in [0.3, 0.4) is 0 Å². The normalized spacial score (nSPS) is 18.1. The summed E-state index contributed by atoms with van der Waals surface area (Å²) in [5.41, 5.74) is 0.318. The summed E-state index contributed by atoms with van der Waals surface area (Å²) >= 11 is 6.07. The topological polar surface area (TPSA) is 69.6 Å². The number of rotatable bonds is 4. The van der Waals surface area contributed by atoms with Crippen LogP contribution in [0.2, 0.25) is 5.02 Å². The second-order valence-electron chi connectivity index (χ2n) is 6.32. The van der Waals surface area contributed by atoms with Crippen LogP contribution >= 0.6 is 11.6 Å². The van der Waals surface area contributed by atoms with Crippen molar-refractivity contribution in [1.29, 1.82) is 0 Å². The van der Waals surface area contributed by atoms with E-state index in [1.54, 1.807) is 4.90 Å². The van der Waals surface area contributed by atoms with Gasteiger partial charge in [-0.2, -0.15) is 0 Å². The number of nitrogens with zero attached hydrogens (tertiary/aromatic N) is 1. The molecule has 2 rings (SSSR count). The molecule has 1 aliphatic rings. The number of nitrogens with one attached hydrogen (secondary N) is 1. The van der Waals surface area contributed by atoms with E-state index in [2.05, 4.69) is 5.32 Å². The van der Waals surface area contributed by atoms with E-state index in [9.17, 15) is 14.7 Å². The highest BCUT2D eigenvalue weighted by Crippen LogP contribution is 2.25. The first-order chi connectivity index (χ1) is 10.9. The van der Waals surface area contributed by atoms with Crippen molar-refractivity contribution in [2.45, 2.75) is 26.7 Å². The molecule has 1 saturated heterocycles. The molecular weight excluding hydrogens is 316 g/mol. The molecule has 1 heterocycles. The Bertz CT molecular complexity index is 589. The molecule has 0 spiro atoms. The van der Waals surface area contributed by atoms with Gasteiger partial charge in [-0.15, -0.1) is 0 Å². The Morgan fingerprint density at radius 1 is 1.43 bits per heavy atom. The number of piperidine rings is 1. The number of halogens is 1. The number of benzene rings is 1. The molecule has 2 amide bonds. The summed E-state index contributed by atoms with van der Waals surface area (Å²) in [5, 5.41) is 12.8. The number of amides is 2. The molecule has 0 aromatic heterocycles. The van der Waals surface area contributed by atoms with Gasteiger partial charge in [0.05, 0.1) is 10.6 Å². The minimum atomic E-state index is -0.175. The highest BCUT2D eigenvalue weighted by molar-refractivity contribution is 6.33. The van der Waals surface area contributed by atoms with E-state index in [1.165, 1.54) is 18.2 Å². The molecule has 0 aliphatic carbocycles. The fourth-order valence-electron chi connectivity index (χ4n) is 2.71. The zero-order chi connectivity index (χ0) is 17.0. The number of aromatic hydroxyl groups is 1. The third-order valence-electron chi connectivity index (χ3n) is 4.08. The minimum absolute atomic E-state index is 0.0236. The molecule has 6 heteroatoms. The SMILES string of the molecule is CC(C)C(=O)NCC1CCCN(C(=O)c2cc(O)ccc2Cl)C1. The van der Waals surface area contributed by atoms with E-state index in [0.29, 0.717) is 30.2 Å². The molecule has 1 aromatic carbocycles. The molecule has 5 nitrogen and oxygen atoms in total. The Morgan fingerprint density at radius 2 is 2.17 bits per heavy atom. The zero-order valence-electron chi connectivity index (χ0n) is 13.5. The predicted octanol–water partition coefficient (Wildman–Crippen LogP) is 2.67. The smallest absolute Gasteiger partial charge is 0.255 e. The molecule has 1 atom stereocenters. The van der Waals surface area contributed by atoms with Gasteiger partial charge in [0.1, 0.15) is 5.75 Å². The van der Waals surface area contributed by atoms with Crippen molar-refractivity contribution in [3.63, 3.8) is 0 Å². The number of carbonyl (C=O) groups is 2. The van der Waals surface area contributed by atoms with Crippen molar-refractivity contribution < 1.29 is 14.7 Å². The molecular formula is C17H23ClN2O3. The van der Waals surface area contributed by atoms with Crippen LogP contribution in [0, 0.1) is 11.8 Å². The summed E-state index contributed by atoms with van der Waals surface area (Å²) in [5.74, 6) is 0.0830. The Labute approximate surface area is 141 Å². The molecule has 0 radical (unpaired) electrons. The first-order valence-corrected chi connectivity index (χ1v) is 8.31. The average molecular weight is 339 g/mol. The maximum Gasteiger partial charge on any atom is 0.255 e. The molecule has 1 unspecified atom stereocenters. The lowest BCUT2D eigenvalue weighted by molar-refractivity contribution is -0.124. The number of carbonyl (C=O) groups excluding carboxylic acids is 2. The van der Waals surface area contributed by atoms with Gasteiger partial charge in [0, 0.05) is 25.6 Å². The fourth-order valence-corrected chi connectivity index (χ4v) is 2.91. The van der Waals surface area contributed by atoms with E-state index < -0.39 is 0 Å². The third kappa shape index (κ3) is 4.61. The highest BCUT2D eigenvalue weighted by Gasteiger charge is 2.26. The number of hydrogen-bond donors (Lipinski definition) is 2. The van der Waals surface area contributed by atoms with E-state index in [4.69, 9.17) is 11.6 Å². The van der Waals surface area contributed by atoms with Gasteiger partial charge in [-0.05, 0) is 37.0 Å². The van der Waals surface area contributed by atoms with Crippen LogP contribution in [-0.4, -0.2) is 41.5 Å². The largest absolute Gasteiger partial charge is 0.508 e. The maximum absolute atomic E-state index is 12.6. The van der Waals surface area contributed by atoms with Crippen LogP contribution in [0.1, 0.15) is 37.0 Å². The molecule has 23 heavy (non-hydrogen) atoms. The number of phenolic OH excluding ortho intramolecular Hbond substituents is 1. The summed E-state index contributed by atoms with van der Waals surface area (Å²) < 4.78 is 0. The number of hydrogen-bond acceptors (Lipinski definition) is 3. The van der Waals surface area contributed by atoms with Crippen LogP contribution in [0.4, 0.5) is 0 Å². The van der Waals surface area contributed by atoms with Crippen molar-refractivity contribution in [1.82, 2.24) is 10.2 Å². The van der Waals surface area contributed by atoms with Gasteiger partial charge >= 0.3 is 0 Å². The van der Waals surface area contributed by atoms with Crippen molar-refractivity contribution >= 4 is 23.4 Å². The highest BCUT2D eigenvalue weighted by atomic mass is 35.5. The van der Waals surface area contributed by atoms with Gasteiger partial charge < -0.3 is 15.3 Å². The van der Waals surface area contributed by atoms with Gasteiger partial charge in [0.25, 0.3) is 5.91 Å². The molecule has 126 valence electrons. The predicted molar refractivity (Wildman–Crippen MR) is 89.6 cm³/mol. The molecule has 1 aromatic rings. The number of likely N-dealkylation sites (tertiary alicyclic amines) is 1. The lowest BCUT2D eigenvalue weighted by Gasteiger charge is -2.33. The van der Waals surface area contributed by atoms with E-state index in [0.717, 1.165) is 12.8 Å². The van der Waals surface area contributed by atoms with Gasteiger partial charge in [-0.1, -0.05) is 25.4 Å². The quantitative estimate of drug-likeness (QED) is 0.886. The van der Waals surface area contributed by atoms with Crippen LogP contribution in [-0.2, 0) is 4.79 Å². The lowest BCUT2D eigenvalue weighted by Crippen LogP contribution is -2.44. The monoisotopic (exact) mass is 338 g/mol. The zero-order valence-corrected chi connectivity index (χ0v) is 14.3. The second-order valence-corrected chi connectivity index (χ2v) is 6.73. The molecule has 0 bridgehead atoms. The van der Waals surface area contributed by atoms with Crippen LogP contribution < -0.4 is 5.32 Å². The number of phenols is 1. The van der Waals surface area contributed by atoms with Gasteiger partial charge in [0.2, 0.25) is 5.91 Å². The van der Waals surface area contributed by atoms with Crippen molar-refractivity contribution in [3.8, 4) is 5.75 Å². The Kier molecular flexibility index (Phi) is 5.88. The van der Waals surface area contributed by atoms with Crippen LogP contribution in [0.5, 0.6) is 5.75 Å². The summed E-state index contributed by atoms with van der Waals surface area (Å²) in [7, 11) is 0. The van der Waals surface area contributed by atoms with Gasteiger partial charge in [-0.3, -0.25) is 9.59 Å². The van der Waals surface area contributed by atoms with E-state index >= 15 is 0 Å².